The van der Waals surface area contributed by atoms with Crippen molar-refractivity contribution in [3.05, 3.63) is 29.8 Å². The first-order chi connectivity index (χ1) is 9.07. The van der Waals surface area contributed by atoms with E-state index in [2.05, 4.69) is 18.2 Å². The first-order valence-corrected chi connectivity index (χ1v) is 6.69. The minimum Gasteiger partial charge on any atom is -0.494 e. The number of benzene rings is 1. The Labute approximate surface area is 116 Å². The fourth-order valence-corrected chi connectivity index (χ4v) is 1.73. The molecule has 1 rings (SSSR count). The summed E-state index contributed by atoms with van der Waals surface area (Å²) in [6, 6.07) is 10.4. The van der Waals surface area contributed by atoms with Crippen LogP contribution in [-0.2, 0) is 11.2 Å². The van der Waals surface area contributed by atoms with Gasteiger partial charge >= 0.3 is 0 Å². The van der Waals surface area contributed by atoms with Gasteiger partial charge in [0.15, 0.2) is 0 Å². The normalized spacial score (nSPS) is 11.1. The van der Waals surface area contributed by atoms with Crippen molar-refractivity contribution in [3.63, 3.8) is 0 Å². The molecular weight excluding hydrogens is 238 g/mol. The van der Waals surface area contributed by atoms with E-state index in [1.54, 1.807) is 7.11 Å². The molecule has 0 aliphatic carbocycles. The third kappa shape index (κ3) is 6.26. The Morgan fingerprint density at radius 2 is 1.84 bits per heavy atom. The predicted octanol–water partition coefficient (Wildman–Crippen LogP) is 3.58. The Hall–Kier alpha value is -1.53. The van der Waals surface area contributed by atoms with Gasteiger partial charge in [0.2, 0.25) is 0 Å². The summed E-state index contributed by atoms with van der Waals surface area (Å²) in [5.41, 5.74) is 0.993. The van der Waals surface area contributed by atoms with Gasteiger partial charge in [0.25, 0.3) is 0 Å². The van der Waals surface area contributed by atoms with Gasteiger partial charge in [-0.25, -0.2) is 0 Å². The number of hydrogen-bond acceptors (Lipinski definition) is 3. The molecule has 0 aliphatic heterocycles. The van der Waals surface area contributed by atoms with Crippen LogP contribution in [0.5, 0.6) is 5.75 Å². The summed E-state index contributed by atoms with van der Waals surface area (Å²) in [7, 11) is 1.71. The lowest BCUT2D eigenvalue weighted by Crippen LogP contribution is -2.10. The second-order valence-corrected chi connectivity index (χ2v) is 5.33. The fourth-order valence-electron chi connectivity index (χ4n) is 1.73. The van der Waals surface area contributed by atoms with Crippen LogP contribution in [0.1, 0.15) is 32.3 Å². The topological polar surface area (TPSA) is 42.2 Å². The molecule has 0 spiro atoms. The number of ether oxygens (including phenoxy) is 2. The van der Waals surface area contributed by atoms with Crippen molar-refractivity contribution in [2.45, 2.75) is 33.1 Å². The number of methoxy groups -OCH3 is 1. The molecule has 19 heavy (non-hydrogen) atoms. The van der Waals surface area contributed by atoms with Gasteiger partial charge in [0.1, 0.15) is 5.75 Å². The van der Waals surface area contributed by atoms with Gasteiger partial charge in [-0.05, 0) is 50.8 Å². The van der Waals surface area contributed by atoms with E-state index >= 15 is 0 Å². The van der Waals surface area contributed by atoms with Crippen LogP contribution in [0.3, 0.4) is 0 Å². The van der Waals surface area contributed by atoms with Crippen molar-refractivity contribution in [1.82, 2.24) is 0 Å². The van der Waals surface area contributed by atoms with E-state index in [1.807, 2.05) is 26.0 Å². The zero-order chi connectivity index (χ0) is 14.1. The molecule has 0 bridgehead atoms. The highest BCUT2D eigenvalue weighted by Crippen LogP contribution is 2.21. The molecule has 104 valence electrons. The Balaban J connectivity index is 2.29. The summed E-state index contributed by atoms with van der Waals surface area (Å²) in [4.78, 5) is 0. The third-order valence-corrected chi connectivity index (χ3v) is 3.04. The smallest absolute Gasteiger partial charge is 0.119 e. The van der Waals surface area contributed by atoms with Gasteiger partial charge in [0.05, 0.1) is 24.7 Å². The molecule has 0 aromatic heterocycles. The molecule has 1 aromatic carbocycles. The van der Waals surface area contributed by atoms with Gasteiger partial charge < -0.3 is 9.47 Å². The van der Waals surface area contributed by atoms with Crippen LogP contribution in [-0.4, -0.2) is 20.3 Å². The number of hydrogen-bond donors (Lipinski definition) is 0. The van der Waals surface area contributed by atoms with Crippen molar-refractivity contribution in [2.75, 3.05) is 20.3 Å². The second-order valence-electron chi connectivity index (χ2n) is 5.33. The van der Waals surface area contributed by atoms with Gasteiger partial charge in [-0.1, -0.05) is 12.1 Å². The zero-order valence-corrected chi connectivity index (χ0v) is 12.1. The molecule has 0 unspecified atom stereocenters. The number of rotatable bonds is 8. The predicted molar refractivity (Wildman–Crippen MR) is 76.1 cm³/mol. The Morgan fingerprint density at radius 1 is 1.16 bits per heavy atom. The maximum Gasteiger partial charge on any atom is 0.119 e. The molecule has 0 fully saturated rings. The van der Waals surface area contributed by atoms with E-state index < -0.39 is 0 Å². The number of nitrogens with zero attached hydrogens (tertiary/aromatic N) is 1. The molecular formula is C16H23NO2. The Kier molecular flexibility index (Phi) is 6.38. The maximum atomic E-state index is 8.91. The van der Waals surface area contributed by atoms with Crippen LogP contribution in [0.4, 0.5) is 0 Å². The molecule has 0 N–H and O–H groups in total. The van der Waals surface area contributed by atoms with Gasteiger partial charge in [0, 0.05) is 7.11 Å². The highest BCUT2D eigenvalue weighted by atomic mass is 16.5. The van der Waals surface area contributed by atoms with Crippen molar-refractivity contribution in [3.8, 4) is 11.8 Å². The Morgan fingerprint density at radius 3 is 2.42 bits per heavy atom. The largest absolute Gasteiger partial charge is 0.494 e. The minimum absolute atomic E-state index is 0.257. The van der Waals surface area contributed by atoms with Crippen molar-refractivity contribution in [2.24, 2.45) is 5.41 Å². The molecule has 0 radical (unpaired) electrons. The summed E-state index contributed by atoms with van der Waals surface area (Å²) in [5, 5.41) is 8.91. The second kappa shape index (κ2) is 7.81. The lowest BCUT2D eigenvalue weighted by atomic mass is 9.90. The summed E-state index contributed by atoms with van der Waals surface area (Å²) in [5.74, 6) is 0.885. The quantitative estimate of drug-likeness (QED) is 0.672. The standard InChI is InChI=1S/C16H23NO2/c1-16(2,13-17)10-4-11-19-15-7-5-14(6-8-15)9-12-18-3/h5-8H,4,9-12H2,1-3H3. The fraction of sp³-hybridized carbons (Fsp3) is 0.562. The summed E-state index contributed by atoms with van der Waals surface area (Å²) in [6.45, 7) is 5.31. The number of nitriles is 1. The molecule has 0 amide bonds. The first kappa shape index (κ1) is 15.5. The van der Waals surface area contributed by atoms with E-state index in [0.717, 1.165) is 31.6 Å². The van der Waals surface area contributed by atoms with Gasteiger partial charge in [-0.2, -0.15) is 5.26 Å². The van der Waals surface area contributed by atoms with Crippen LogP contribution >= 0.6 is 0 Å². The summed E-state index contributed by atoms with van der Waals surface area (Å²) >= 11 is 0. The lowest BCUT2D eigenvalue weighted by Gasteiger charge is -2.14. The lowest BCUT2D eigenvalue weighted by molar-refractivity contribution is 0.202. The Bertz CT molecular complexity index is 404. The van der Waals surface area contributed by atoms with E-state index in [0.29, 0.717) is 6.61 Å². The molecule has 0 heterocycles. The van der Waals surface area contributed by atoms with E-state index in [4.69, 9.17) is 14.7 Å². The molecule has 1 aromatic rings. The molecule has 0 atom stereocenters. The molecule has 3 nitrogen and oxygen atoms in total. The van der Waals surface area contributed by atoms with Crippen LogP contribution in [0.2, 0.25) is 0 Å². The van der Waals surface area contributed by atoms with E-state index in [1.165, 1.54) is 5.56 Å². The maximum absolute atomic E-state index is 8.91. The molecule has 0 saturated heterocycles. The van der Waals surface area contributed by atoms with Gasteiger partial charge in [-0.15, -0.1) is 0 Å². The van der Waals surface area contributed by atoms with Crippen molar-refractivity contribution >= 4 is 0 Å². The highest BCUT2D eigenvalue weighted by molar-refractivity contribution is 5.27. The monoisotopic (exact) mass is 261 g/mol. The molecule has 0 aliphatic rings. The first-order valence-electron chi connectivity index (χ1n) is 6.69. The van der Waals surface area contributed by atoms with Crippen molar-refractivity contribution < 1.29 is 9.47 Å². The van der Waals surface area contributed by atoms with Crippen LogP contribution in [0, 0.1) is 16.7 Å². The van der Waals surface area contributed by atoms with Gasteiger partial charge in [-0.3, -0.25) is 0 Å². The highest BCUT2D eigenvalue weighted by Gasteiger charge is 2.15. The van der Waals surface area contributed by atoms with E-state index in [9.17, 15) is 0 Å². The van der Waals surface area contributed by atoms with Crippen LogP contribution < -0.4 is 4.74 Å². The van der Waals surface area contributed by atoms with E-state index in [-0.39, 0.29) is 5.41 Å². The average molecular weight is 261 g/mol. The van der Waals surface area contributed by atoms with Crippen LogP contribution in [0.15, 0.2) is 24.3 Å². The van der Waals surface area contributed by atoms with Crippen LogP contribution in [0.25, 0.3) is 0 Å². The zero-order valence-electron chi connectivity index (χ0n) is 12.1. The average Bonchev–Trinajstić information content (AvgIpc) is 2.42. The molecule has 3 heteroatoms. The van der Waals surface area contributed by atoms with Crippen molar-refractivity contribution in [1.29, 1.82) is 5.26 Å². The third-order valence-electron chi connectivity index (χ3n) is 3.04. The summed E-state index contributed by atoms with van der Waals surface area (Å²) in [6.07, 6.45) is 2.68. The molecule has 0 saturated carbocycles. The minimum atomic E-state index is -0.257. The SMILES string of the molecule is COCCc1ccc(OCCCC(C)(C)C#N)cc1. The summed E-state index contributed by atoms with van der Waals surface area (Å²) < 4.78 is 10.7.